The van der Waals surface area contributed by atoms with Gasteiger partial charge in [0, 0.05) is 17.7 Å². The molecular formula is C27H26N2O6. The molecular weight excluding hydrogens is 448 g/mol. The number of alkyl carbamates (subject to hydrolysis) is 1. The lowest BCUT2D eigenvalue weighted by molar-refractivity contribution is -0.121. The maximum absolute atomic E-state index is 12.8. The fourth-order valence-corrected chi connectivity index (χ4v) is 4.18. The van der Waals surface area contributed by atoms with E-state index in [-0.39, 0.29) is 23.8 Å². The number of methoxy groups -OCH3 is 1. The molecule has 3 aromatic carbocycles. The van der Waals surface area contributed by atoms with Gasteiger partial charge in [-0.05, 0) is 48.2 Å². The predicted octanol–water partition coefficient (Wildman–Crippen LogP) is 4.65. The summed E-state index contributed by atoms with van der Waals surface area (Å²) in [6.45, 7) is 3.23. The molecule has 35 heavy (non-hydrogen) atoms. The van der Waals surface area contributed by atoms with Crippen LogP contribution in [-0.4, -0.2) is 42.3 Å². The second kappa shape index (κ2) is 9.50. The summed E-state index contributed by atoms with van der Waals surface area (Å²) >= 11 is 0. The molecule has 3 aromatic rings. The summed E-state index contributed by atoms with van der Waals surface area (Å²) in [5, 5.41) is 14.5. The number of carbonyl (C=O) groups excluding carboxylic acids is 2. The Hall–Kier alpha value is -4.33. The van der Waals surface area contributed by atoms with Crippen molar-refractivity contribution in [3.63, 3.8) is 0 Å². The van der Waals surface area contributed by atoms with Gasteiger partial charge in [-0.1, -0.05) is 48.5 Å². The van der Waals surface area contributed by atoms with Gasteiger partial charge in [-0.3, -0.25) is 4.79 Å². The van der Waals surface area contributed by atoms with E-state index in [4.69, 9.17) is 9.47 Å². The molecule has 0 fully saturated rings. The van der Waals surface area contributed by atoms with E-state index in [9.17, 15) is 19.5 Å². The molecule has 0 saturated carbocycles. The van der Waals surface area contributed by atoms with Gasteiger partial charge in [-0.2, -0.15) is 0 Å². The first-order chi connectivity index (χ1) is 16.7. The van der Waals surface area contributed by atoms with E-state index in [0.29, 0.717) is 5.69 Å². The number of ether oxygens (including phenoxy) is 2. The zero-order valence-electron chi connectivity index (χ0n) is 19.6. The van der Waals surface area contributed by atoms with Gasteiger partial charge in [0.1, 0.15) is 23.5 Å². The summed E-state index contributed by atoms with van der Waals surface area (Å²) in [4.78, 5) is 36.7. The van der Waals surface area contributed by atoms with Crippen molar-refractivity contribution < 1.29 is 29.0 Å². The summed E-state index contributed by atoms with van der Waals surface area (Å²) in [7, 11) is 1.34. The van der Waals surface area contributed by atoms with Gasteiger partial charge < -0.3 is 25.2 Å². The van der Waals surface area contributed by atoms with Crippen molar-refractivity contribution in [3.8, 4) is 16.9 Å². The van der Waals surface area contributed by atoms with Crippen LogP contribution in [0.15, 0.2) is 66.7 Å². The van der Waals surface area contributed by atoms with Crippen LogP contribution < -0.4 is 15.4 Å². The third kappa shape index (κ3) is 4.82. The van der Waals surface area contributed by atoms with Crippen molar-refractivity contribution in [1.29, 1.82) is 0 Å². The fraction of sp³-hybridized carbons (Fsp3) is 0.222. The average molecular weight is 475 g/mol. The Morgan fingerprint density at radius 1 is 0.943 bits per heavy atom. The number of hydrogen-bond acceptors (Lipinski definition) is 5. The molecule has 0 aliphatic heterocycles. The number of amides is 2. The van der Waals surface area contributed by atoms with Crippen LogP contribution in [0.3, 0.4) is 0 Å². The lowest BCUT2D eigenvalue weighted by atomic mass is 9.98. The summed E-state index contributed by atoms with van der Waals surface area (Å²) in [6, 6.07) is 20.3. The van der Waals surface area contributed by atoms with Gasteiger partial charge in [-0.25, -0.2) is 9.59 Å². The van der Waals surface area contributed by atoms with Crippen molar-refractivity contribution in [3.05, 3.63) is 83.4 Å². The van der Waals surface area contributed by atoms with Crippen LogP contribution in [0.1, 0.15) is 41.3 Å². The number of carboxylic acids is 1. The Kier molecular flexibility index (Phi) is 6.46. The topological polar surface area (TPSA) is 114 Å². The maximum Gasteiger partial charge on any atom is 0.408 e. The molecule has 0 aromatic heterocycles. The normalized spacial score (nSPS) is 12.3. The molecule has 1 aliphatic rings. The molecule has 0 spiro atoms. The van der Waals surface area contributed by atoms with E-state index < -0.39 is 23.5 Å². The molecule has 0 atom stereocenters. The predicted molar refractivity (Wildman–Crippen MR) is 131 cm³/mol. The highest BCUT2D eigenvalue weighted by molar-refractivity contribution is 6.00. The van der Waals surface area contributed by atoms with Crippen LogP contribution in [0.4, 0.5) is 10.5 Å². The zero-order valence-corrected chi connectivity index (χ0v) is 19.6. The highest BCUT2D eigenvalue weighted by Crippen LogP contribution is 2.44. The number of aromatic carboxylic acids is 1. The molecule has 2 amide bonds. The Bertz CT molecular complexity index is 1250. The molecule has 0 heterocycles. The number of fused-ring (bicyclic) bond motifs is 3. The van der Waals surface area contributed by atoms with Crippen LogP contribution in [0.2, 0.25) is 0 Å². The fourth-order valence-electron chi connectivity index (χ4n) is 4.18. The van der Waals surface area contributed by atoms with Gasteiger partial charge in [0.2, 0.25) is 5.91 Å². The monoisotopic (exact) mass is 474 g/mol. The number of anilines is 1. The molecule has 0 saturated heterocycles. The van der Waals surface area contributed by atoms with Crippen molar-refractivity contribution in [2.24, 2.45) is 0 Å². The van der Waals surface area contributed by atoms with Crippen molar-refractivity contribution in [2.45, 2.75) is 25.3 Å². The summed E-state index contributed by atoms with van der Waals surface area (Å²) in [6.07, 6.45) is -0.717. The first-order valence-corrected chi connectivity index (χ1v) is 11.1. The van der Waals surface area contributed by atoms with E-state index in [0.717, 1.165) is 22.3 Å². The van der Waals surface area contributed by atoms with Crippen LogP contribution in [0.5, 0.6) is 5.75 Å². The number of rotatable bonds is 7. The molecule has 0 radical (unpaired) electrons. The molecule has 4 rings (SSSR count). The minimum atomic E-state index is -1.30. The highest BCUT2D eigenvalue weighted by Gasteiger charge is 2.33. The third-order valence-corrected chi connectivity index (χ3v) is 6.02. The Morgan fingerprint density at radius 2 is 1.54 bits per heavy atom. The molecule has 180 valence electrons. The number of nitrogens with one attached hydrogen (secondary N) is 2. The Morgan fingerprint density at radius 3 is 2.11 bits per heavy atom. The van der Waals surface area contributed by atoms with Gasteiger partial charge in [-0.15, -0.1) is 0 Å². The van der Waals surface area contributed by atoms with Gasteiger partial charge >= 0.3 is 12.1 Å². The third-order valence-electron chi connectivity index (χ3n) is 6.02. The van der Waals surface area contributed by atoms with Crippen LogP contribution >= 0.6 is 0 Å². The summed E-state index contributed by atoms with van der Waals surface area (Å²) in [5.74, 6) is -1.63. The zero-order chi connectivity index (χ0) is 25.2. The summed E-state index contributed by atoms with van der Waals surface area (Å²) in [5.41, 5.74) is 3.44. The van der Waals surface area contributed by atoms with Crippen LogP contribution in [0, 0.1) is 0 Å². The average Bonchev–Trinajstić information content (AvgIpc) is 3.16. The van der Waals surface area contributed by atoms with Gasteiger partial charge in [0.15, 0.2) is 0 Å². The minimum Gasteiger partial charge on any atom is -0.496 e. The Balaban J connectivity index is 1.40. The number of hydrogen-bond donors (Lipinski definition) is 3. The smallest absolute Gasteiger partial charge is 0.408 e. The minimum absolute atomic E-state index is 0.0264. The van der Waals surface area contributed by atoms with E-state index >= 15 is 0 Å². The first-order valence-electron chi connectivity index (χ1n) is 11.1. The SMILES string of the molecule is COc1cc(NC(=O)C(C)(C)NC(=O)OCC2c3ccccc3-c3ccccc32)ccc1C(=O)O. The molecule has 0 unspecified atom stereocenters. The Labute approximate surface area is 202 Å². The van der Waals surface area contributed by atoms with Crippen molar-refractivity contribution in [2.75, 3.05) is 19.0 Å². The quantitative estimate of drug-likeness (QED) is 0.459. The van der Waals surface area contributed by atoms with E-state index in [1.165, 1.54) is 25.3 Å². The van der Waals surface area contributed by atoms with Crippen molar-refractivity contribution in [1.82, 2.24) is 5.32 Å². The van der Waals surface area contributed by atoms with Crippen LogP contribution in [-0.2, 0) is 9.53 Å². The molecule has 8 heteroatoms. The second-order valence-electron chi connectivity index (χ2n) is 8.75. The lowest BCUT2D eigenvalue weighted by Crippen LogP contribution is -2.52. The molecule has 8 nitrogen and oxygen atoms in total. The van der Waals surface area contributed by atoms with Gasteiger partial charge in [0.05, 0.1) is 7.11 Å². The van der Waals surface area contributed by atoms with E-state index in [2.05, 4.69) is 22.8 Å². The summed E-state index contributed by atoms with van der Waals surface area (Å²) < 4.78 is 10.6. The van der Waals surface area contributed by atoms with E-state index in [1.54, 1.807) is 13.8 Å². The van der Waals surface area contributed by atoms with E-state index in [1.807, 2.05) is 36.4 Å². The number of carbonyl (C=O) groups is 3. The highest BCUT2D eigenvalue weighted by atomic mass is 16.5. The molecule has 0 bridgehead atoms. The maximum atomic E-state index is 12.8. The lowest BCUT2D eigenvalue weighted by Gasteiger charge is -2.25. The second-order valence-corrected chi connectivity index (χ2v) is 8.75. The standard InChI is InChI=1S/C27H26N2O6/c1-27(2,25(32)28-16-12-13-21(24(30)31)23(14-16)34-3)29-26(33)35-15-22-19-10-6-4-8-17(19)18-9-5-7-11-20(18)22/h4-14,22H,15H2,1-3H3,(H,28,32)(H,29,33)(H,30,31). The number of benzene rings is 3. The van der Waals surface area contributed by atoms with Crippen molar-refractivity contribution >= 4 is 23.7 Å². The van der Waals surface area contributed by atoms with Crippen LogP contribution in [0.25, 0.3) is 11.1 Å². The largest absolute Gasteiger partial charge is 0.496 e. The molecule has 1 aliphatic carbocycles. The molecule has 3 N–H and O–H groups in total. The van der Waals surface area contributed by atoms with Gasteiger partial charge in [0.25, 0.3) is 0 Å². The number of carboxylic acid groups (broad SMARTS) is 1. The first kappa shape index (κ1) is 23.8.